The fraction of sp³-hybridized carbons (Fsp3) is 0.524. The van der Waals surface area contributed by atoms with E-state index in [1.54, 1.807) is 0 Å². The van der Waals surface area contributed by atoms with Crippen molar-refractivity contribution in [2.24, 2.45) is 0 Å². The van der Waals surface area contributed by atoms with Gasteiger partial charge in [-0.1, -0.05) is 0 Å². The molecule has 0 saturated carbocycles. The summed E-state index contributed by atoms with van der Waals surface area (Å²) in [6.07, 6.45) is -4.47. The monoisotopic (exact) mass is 674 g/mol. The number of nitrogens with zero attached hydrogens (tertiary/aromatic N) is 7. The maximum Gasteiger partial charge on any atom is 0.472 e. The van der Waals surface area contributed by atoms with E-state index >= 15 is 0 Å². The minimum absolute atomic E-state index is 0.00464. The van der Waals surface area contributed by atoms with Crippen LogP contribution in [-0.4, -0.2) is 105 Å². The Labute approximate surface area is 251 Å². The molecule has 0 radical (unpaired) electrons. The lowest BCUT2D eigenvalue weighted by molar-refractivity contribution is -0.0518. The van der Waals surface area contributed by atoms with Gasteiger partial charge in [0.05, 0.1) is 32.0 Å². The number of phosphoric acid groups is 1. The summed E-state index contributed by atoms with van der Waals surface area (Å²) < 4.78 is 59.5. The Morgan fingerprint density at radius 3 is 2.58 bits per heavy atom. The minimum atomic E-state index is -4.46. The normalized spacial score (nSPS) is 29.0. The molecule has 6 heterocycles. The Kier molecular flexibility index (Phi) is 8.71. The summed E-state index contributed by atoms with van der Waals surface area (Å²) in [5.41, 5.74) is 11.4. The number of anilines is 2. The molecule has 6 rings (SSSR count). The van der Waals surface area contributed by atoms with Gasteiger partial charge >= 0.3 is 16.1 Å². The Balaban J connectivity index is 1.13. The van der Waals surface area contributed by atoms with Crippen molar-refractivity contribution < 1.29 is 51.8 Å². The summed E-state index contributed by atoms with van der Waals surface area (Å²) in [6, 6.07) is 0. The third-order valence-electron chi connectivity index (χ3n) is 7.11. The summed E-state index contributed by atoms with van der Waals surface area (Å²) in [7, 11) is -6.89. The first-order valence-corrected chi connectivity index (χ1v) is 15.9. The molecule has 8 N–H and O–H groups in total. The Hall–Kier alpha value is -3.40. The Bertz CT molecular complexity index is 1840. The number of nitrogens with two attached hydrogens (primary N) is 2. The van der Waals surface area contributed by atoms with E-state index in [1.165, 1.54) is 28.1 Å². The number of rotatable bonds is 11. The van der Waals surface area contributed by atoms with Crippen molar-refractivity contribution in [1.29, 1.82) is 0 Å². The summed E-state index contributed by atoms with van der Waals surface area (Å²) in [6.45, 7) is -0.918. The number of H-pyrrole nitrogens is 1. The smallest absolute Gasteiger partial charge is 0.388 e. The molecule has 2 unspecified atom stereocenters. The van der Waals surface area contributed by atoms with Crippen LogP contribution in [0.5, 0.6) is 0 Å². The number of aliphatic hydroxyl groups is 2. The van der Waals surface area contributed by atoms with Crippen LogP contribution in [0.1, 0.15) is 18.9 Å². The molecule has 0 amide bonds. The highest BCUT2D eigenvalue weighted by Crippen LogP contribution is 2.45. The lowest BCUT2D eigenvalue weighted by atomic mass is 10.1. The second-order valence-corrected chi connectivity index (χ2v) is 12.5. The number of hydrogen-bond donors (Lipinski definition) is 6. The fourth-order valence-electron chi connectivity index (χ4n) is 5.03. The minimum Gasteiger partial charge on any atom is -0.388 e. The molecule has 4 aromatic heterocycles. The molecule has 2 saturated heterocycles. The summed E-state index contributed by atoms with van der Waals surface area (Å²) in [5, 5.41) is 21.8. The molecule has 0 aromatic carbocycles. The zero-order chi connectivity index (χ0) is 32.0. The molecular formula is C21H28N10O12P2. The van der Waals surface area contributed by atoms with Crippen molar-refractivity contribution in [2.75, 3.05) is 31.8 Å². The predicted molar refractivity (Wildman–Crippen MR) is 149 cm³/mol. The van der Waals surface area contributed by atoms with Crippen molar-refractivity contribution in [1.82, 2.24) is 39.0 Å². The molecular weight excluding hydrogens is 646 g/mol. The van der Waals surface area contributed by atoms with Gasteiger partial charge in [-0.05, 0) is 0 Å². The van der Waals surface area contributed by atoms with E-state index in [0.29, 0.717) is 0 Å². The summed E-state index contributed by atoms with van der Waals surface area (Å²) >= 11 is 0. The van der Waals surface area contributed by atoms with Gasteiger partial charge in [-0.3, -0.25) is 32.5 Å². The van der Waals surface area contributed by atoms with E-state index in [9.17, 15) is 29.0 Å². The third-order valence-corrected chi connectivity index (χ3v) is 8.92. The molecule has 24 heteroatoms. The molecule has 4 aromatic rings. The van der Waals surface area contributed by atoms with Crippen LogP contribution in [0.4, 0.5) is 11.8 Å². The highest BCUT2D eigenvalue weighted by molar-refractivity contribution is 7.47. The number of nitrogens with one attached hydrogen (secondary N) is 1. The fourth-order valence-corrected chi connectivity index (χ4v) is 6.37. The molecule has 0 bridgehead atoms. The molecule has 2 aliphatic heterocycles. The molecule has 9 atom stereocenters. The molecule has 0 aliphatic carbocycles. The van der Waals surface area contributed by atoms with Crippen LogP contribution in [0, 0.1) is 0 Å². The van der Waals surface area contributed by atoms with Crippen LogP contribution < -0.4 is 17.0 Å². The van der Waals surface area contributed by atoms with Crippen molar-refractivity contribution in [3.63, 3.8) is 0 Å². The van der Waals surface area contributed by atoms with Gasteiger partial charge in [-0.15, -0.1) is 0 Å². The van der Waals surface area contributed by atoms with Gasteiger partial charge in [-0.2, -0.15) is 4.98 Å². The van der Waals surface area contributed by atoms with Gasteiger partial charge < -0.3 is 45.1 Å². The molecule has 45 heavy (non-hydrogen) atoms. The highest BCUT2D eigenvalue weighted by atomic mass is 31.2. The Morgan fingerprint density at radius 2 is 1.82 bits per heavy atom. The number of imidazole rings is 2. The van der Waals surface area contributed by atoms with E-state index in [1.807, 2.05) is 0 Å². The molecule has 2 aliphatic rings. The predicted octanol–water partition coefficient (Wildman–Crippen LogP) is -1.41. The van der Waals surface area contributed by atoms with E-state index in [0.717, 1.165) is 7.11 Å². The third kappa shape index (κ3) is 6.22. The maximum atomic E-state index is 12.9. The quantitative estimate of drug-likeness (QED) is 0.0995. The SMILES string of the molecule is COP(=O)(O)OC[C@H]1O[C@@H](n2cnc3c(N)ncnc32)[C@H](O)[C@@H]1O[PH](=O)OC[C@@H]1C[C@@H](O)[C@H](n2cnc3c(=O)[nH]c(N)nc32)O1. The topological polar surface area (TPSA) is 309 Å². The van der Waals surface area contributed by atoms with Gasteiger partial charge in [0.15, 0.2) is 35.1 Å². The molecule has 22 nitrogen and oxygen atoms in total. The molecule has 2 fully saturated rings. The molecule has 0 spiro atoms. The van der Waals surface area contributed by atoms with Crippen LogP contribution in [0.15, 0.2) is 23.8 Å². The van der Waals surface area contributed by atoms with Crippen molar-refractivity contribution in [3.05, 3.63) is 29.3 Å². The average molecular weight is 674 g/mol. The number of aromatic amines is 1. The maximum absolute atomic E-state index is 12.9. The second-order valence-electron chi connectivity index (χ2n) is 9.96. The van der Waals surface area contributed by atoms with Gasteiger partial charge in [0.2, 0.25) is 5.95 Å². The van der Waals surface area contributed by atoms with Crippen LogP contribution in [0.25, 0.3) is 22.3 Å². The van der Waals surface area contributed by atoms with Crippen LogP contribution >= 0.6 is 16.1 Å². The van der Waals surface area contributed by atoms with Crippen molar-refractivity contribution in [3.8, 4) is 0 Å². The van der Waals surface area contributed by atoms with Gasteiger partial charge in [0.1, 0.15) is 36.3 Å². The lowest BCUT2D eigenvalue weighted by Gasteiger charge is -2.21. The van der Waals surface area contributed by atoms with Crippen LogP contribution in [0.3, 0.4) is 0 Å². The van der Waals surface area contributed by atoms with Crippen molar-refractivity contribution >= 4 is 50.2 Å². The largest absolute Gasteiger partial charge is 0.472 e. The van der Waals surface area contributed by atoms with Gasteiger partial charge in [0, 0.05) is 13.5 Å². The number of aromatic nitrogens is 8. The average Bonchev–Trinajstić information content (AvgIpc) is 3.77. The number of ether oxygens (including phenoxy) is 2. The van der Waals surface area contributed by atoms with Gasteiger partial charge in [-0.25, -0.2) is 24.5 Å². The van der Waals surface area contributed by atoms with Crippen LogP contribution in [0.2, 0.25) is 0 Å². The highest BCUT2D eigenvalue weighted by Gasteiger charge is 2.48. The van der Waals surface area contributed by atoms with E-state index in [4.69, 9.17) is 34.5 Å². The van der Waals surface area contributed by atoms with E-state index in [-0.39, 0.29) is 47.1 Å². The van der Waals surface area contributed by atoms with E-state index in [2.05, 4.69) is 34.4 Å². The second kappa shape index (κ2) is 12.4. The summed E-state index contributed by atoms with van der Waals surface area (Å²) in [4.78, 5) is 44.3. The first-order valence-electron chi connectivity index (χ1n) is 13.1. The van der Waals surface area contributed by atoms with E-state index < -0.39 is 71.2 Å². The number of fused-ring (bicyclic) bond motifs is 2. The number of aliphatic hydroxyl groups excluding tert-OH is 2. The Morgan fingerprint density at radius 1 is 1.09 bits per heavy atom. The van der Waals surface area contributed by atoms with Gasteiger partial charge in [0.25, 0.3) is 5.56 Å². The summed E-state index contributed by atoms with van der Waals surface area (Å²) in [5.74, 6) is -0.0699. The standard InChI is InChI=1S/C21H28N10O12P2/c1-38-45(36,37)40-4-10-14(13(33)20(42-10)30-6-26-11-15(22)24-5-25-16(11)30)43-44(35)39-3-8-2-9(32)19(41-8)31-7-27-12-17(31)28-21(23)29-18(12)34/h5-10,13-14,19-20,32-33,44H,2-4H2,1H3,(H,36,37)(H2,22,24,25)(H3,23,28,29,34)/t8-,9+,10+,13+,14+,19+,20+/m0/s1. The lowest BCUT2D eigenvalue weighted by Crippen LogP contribution is -2.35. The van der Waals surface area contributed by atoms with Crippen molar-refractivity contribution in [2.45, 2.75) is 49.4 Å². The first-order chi connectivity index (χ1) is 21.5. The first kappa shape index (κ1) is 31.6. The number of phosphoric ester groups is 1. The van der Waals surface area contributed by atoms with Crippen LogP contribution in [-0.2, 0) is 36.7 Å². The number of hydrogen-bond acceptors (Lipinski definition) is 18. The zero-order valence-electron chi connectivity index (χ0n) is 23.1. The zero-order valence-corrected chi connectivity index (χ0v) is 25.0. The molecule has 244 valence electrons. The number of nitrogen functional groups attached to an aromatic ring is 2.